The number of hydrogen-bond donors (Lipinski definition) is 0. The summed E-state index contributed by atoms with van der Waals surface area (Å²) in [6, 6.07) is 25.9. The molecule has 0 saturated carbocycles. The summed E-state index contributed by atoms with van der Waals surface area (Å²) in [7, 11) is 0. The number of nitrogens with zero attached hydrogens (tertiary/aromatic N) is 5. The summed E-state index contributed by atoms with van der Waals surface area (Å²) >= 11 is 0. The standard InChI is InChI=1S/C20H16N5O2/c26-25(27)19-13-11-18(12-14-19)24-15-23(17-9-5-2-6-10-17)21-20(22-24)16-7-3-1-4-8-16/h1-14H,15H2/q+1. The van der Waals surface area contributed by atoms with Crippen LogP contribution < -0.4 is 5.01 Å². The van der Waals surface area contributed by atoms with E-state index in [1.54, 1.807) is 16.8 Å². The van der Waals surface area contributed by atoms with Gasteiger partial charge in [0.2, 0.25) is 11.5 Å². The lowest BCUT2D eigenvalue weighted by molar-refractivity contribution is -0.508. The van der Waals surface area contributed by atoms with Crippen LogP contribution in [-0.4, -0.2) is 22.1 Å². The Hall–Kier alpha value is -3.87. The van der Waals surface area contributed by atoms with Crippen LogP contribution in [0.5, 0.6) is 0 Å². The SMILES string of the molecule is O=[N+]([O-])c1ccc([N+]2=NC(c3ccccc3)=NN(c3ccccc3)C2)cc1. The molecule has 0 N–H and O–H groups in total. The van der Waals surface area contributed by atoms with E-state index >= 15 is 0 Å². The second kappa shape index (κ2) is 7.17. The molecule has 1 heterocycles. The number of anilines is 1. The number of non-ortho nitro benzene ring substituents is 1. The van der Waals surface area contributed by atoms with E-state index in [2.05, 4.69) is 10.2 Å². The monoisotopic (exact) mass is 358 g/mol. The number of azo groups is 2. The van der Waals surface area contributed by atoms with Gasteiger partial charge in [-0.15, -0.1) is 5.10 Å². The van der Waals surface area contributed by atoms with Crippen molar-refractivity contribution in [1.82, 2.24) is 0 Å². The molecule has 0 saturated heterocycles. The molecule has 0 bridgehead atoms. The molecule has 0 unspecified atom stereocenters. The zero-order valence-corrected chi connectivity index (χ0v) is 14.3. The molecule has 0 fully saturated rings. The zero-order chi connectivity index (χ0) is 18.6. The number of benzene rings is 3. The summed E-state index contributed by atoms with van der Waals surface area (Å²) < 4.78 is 1.78. The summed E-state index contributed by atoms with van der Waals surface area (Å²) in [6.07, 6.45) is 0. The molecule has 0 spiro atoms. The van der Waals surface area contributed by atoms with Gasteiger partial charge in [-0.1, -0.05) is 53.2 Å². The summed E-state index contributed by atoms with van der Waals surface area (Å²) in [4.78, 5) is 10.5. The van der Waals surface area contributed by atoms with Crippen molar-refractivity contribution in [3.05, 3.63) is 101 Å². The molecule has 3 aromatic carbocycles. The van der Waals surface area contributed by atoms with E-state index in [1.807, 2.05) is 65.7 Å². The van der Waals surface area contributed by atoms with Gasteiger partial charge in [0.15, 0.2) is 0 Å². The average molecular weight is 358 g/mol. The van der Waals surface area contributed by atoms with Crippen LogP contribution in [0, 0.1) is 10.1 Å². The molecular formula is C20H16N5O2+. The highest BCUT2D eigenvalue weighted by Gasteiger charge is 2.26. The minimum absolute atomic E-state index is 0.0487. The van der Waals surface area contributed by atoms with Gasteiger partial charge in [-0.05, 0) is 12.1 Å². The molecule has 0 aliphatic carbocycles. The molecule has 0 amide bonds. The van der Waals surface area contributed by atoms with Crippen molar-refractivity contribution < 1.29 is 9.62 Å². The topological polar surface area (TPSA) is 74.1 Å². The average Bonchev–Trinajstić information content (AvgIpc) is 2.75. The first-order valence-electron chi connectivity index (χ1n) is 8.41. The van der Waals surface area contributed by atoms with E-state index in [0.717, 1.165) is 16.9 Å². The lowest BCUT2D eigenvalue weighted by atomic mass is 10.2. The smallest absolute Gasteiger partial charge is 0.258 e. The number of amidine groups is 1. The quantitative estimate of drug-likeness (QED) is 0.391. The van der Waals surface area contributed by atoms with Gasteiger partial charge in [-0.3, -0.25) is 10.1 Å². The third-order valence-electron chi connectivity index (χ3n) is 4.14. The molecule has 0 atom stereocenters. The van der Waals surface area contributed by atoms with Gasteiger partial charge in [0.05, 0.1) is 10.6 Å². The lowest BCUT2D eigenvalue weighted by Crippen LogP contribution is -2.31. The number of nitro benzene ring substituents is 1. The Morgan fingerprint density at radius 3 is 2.15 bits per heavy atom. The maximum absolute atomic E-state index is 10.9. The summed E-state index contributed by atoms with van der Waals surface area (Å²) in [5.74, 6) is 0.573. The Balaban J connectivity index is 1.75. The zero-order valence-electron chi connectivity index (χ0n) is 14.3. The van der Waals surface area contributed by atoms with Gasteiger partial charge in [0.25, 0.3) is 12.4 Å². The Morgan fingerprint density at radius 1 is 0.889 bits per heavy atom. The minimum Gasteiger partial charge on any atom is -0.258 e. The first kappa shape index (κ1) is 16.6. The molecule has 4 rings (SSSR count). The molecule has 7 heteroatoms. The van der Waals surface area contributed by atoms with Crippen molar-refractivity contribution >= 4 is 22.9 Å². The molecule has 7 nitrogen and oxygen atoms in total. The predicted octanol–water partition coefficient (Wildman–Crippen LogP) is 4.53. The first-order chi connectivity index (χ1) is 13.2. The molecule has 3 aromatic rings. The molecule has 0 aromatic heterocycles. The van der Waals surface area contributed by atoms with Crippen molar-refractivity contribution in [2.24, 2.45) is 10.2 Å². The largest absolute Gasteiger partial charge is 0.269 e. The maximum Gasteiger partial charge on any atom is 0.269 e. The summed E-state index contributed by atoms with van der Waals surface area (Å²) in [5.41, 5.74) is 2.63. The third-order valence-corrected chi connectivity index (χ3v) is 4.14. The molecule has 27 heavy (non-hydrogen) atoms. The Labute approximate surface area is 155 Å². The van der Waals surface area contributed by atoms with E-state index < -0.39 is 4.92 Å². The van der Waals surface area contributed by atoms with Crippen molar-refractivity contribution in [2.75, 3.05) is 11.7 Å². The fourth-order valence-corrected chi connectivity index (χ4v) is 2.77. The van der Waals surface area contributed by atoms with Crippen molar-refractivity contribution in [1.29, 1.82) is 0 Å². The molecule has 1 aliphatic heterocycles. The van der Waals surface area contributed by atoms with Crippen LogP contribution in [0.25, 0.3) is 0 Å². The number of nitro groups is 1. The van der Waals surface area contributed by atoms with Crippen LogP contribution >= 0.6 is 0 Å². The normalized spacial score (nSPS) is 13.7. The Bertz CT molecular complexity index is 1020. The van der Waals surface area contributed by atoms with Crippen molar-refractivity contribution in [3.8, 4) is 0 Å². The minimum atomic E-state index is -0.412. The highest BCUT2D eigenvalue weighted by molar-refractivity contribution is 5.99. The van der Waals surface area contributed by atoms with Gasteiger partial charge in [-0.25, -0.2) is 5.01 Å². The molecule has 0 radical (unpaired) electrons. The van der Waals surface area contributed by atoms with Crippen LogP contribution in [0.15, 0.2) is 95.1 Å². The number of para-hydroxylation sites is 1. The molecule has 1 aliphatic rings. The second-order valence-electron chi connectivity index (χ2n) is 5.94. The summed E-state index contributed by atoms with van der Waals surface area (Å²) in [5, 5.41) is 22.1. The lowest BCUT2D eigenvalue weighted by Gasteiger charge is -2.20. The van der Waals surface area contributed by atoms with Crippen LogP contribution in [0.3, 0.4) is 0 Å². The van der Waals surface area contributed by atoms with Crippen molar-refractivity contribution in [3.63, 3.8) is 0 Å². The van der Waals surface area contributed by atoms with Crippen molar-refractivity contribution in [2.45, 2.75) is 0 Å². The van der Waals surface area contributed by atoms with E-state index in [0.29, 0.717) is 12.5 Å². The van der Waals surface area contributed by atoms with Gasteiger partial charge < -0.3 is 0 Å². The van der Waals surface area contributed by atoms with E-state index in [-0.39, 0.29) is 5.69 Å². The second-order valence-corrected chi connectivity index (χ2v) is 5.94. The van der Waals surface area contributed by atoms with E-state index in [1.165, 1.54) is 12.1 Å². The van der Waals surface area contributed by atoms with Crippen LogP contribution in [0.2, 0.25) is 0 Å². The van der Waals surface area contributed by atoms with E-state index in [9.17, 15) is 10.1 Å². The summed E-state index contributed by atoms with van der Waals surface area (Å²) in [6.45, 7) is 0.401. The van der Waals surface area contributed by atoms with Gasteiger partial charge >= 0.3 is 0 Å². The predicted molar refractivity (Wildman–Crippen MR) is 102 cm³/mol. The fourth-order valence-electron chi connectivity index (χ4n) is 2.77. The number of hydrogen-bond acceptors (Lipinski definition) is 5. The maximum atomic E-state index is 10.9. The fraction of sp³-hybridized carbons (Fsp3) is 0.0500. The Morgan fingerprint density at radius 2 is 1.52 bits per heavy atom. The van der Waals surface area contributed by atoms with Crippen LogP contribution in [-0.2, 0) is 0 Å². The van der Waals surface area contributed by atoms with E-state index in [4.69, 9.17) is 0 Å². The Kier molecular flexibility index (Phi) is 4.40. The van der Waals surface area contributed by atoms with Gasteiger partial charge in [0.1, 0.15) is 0 Å². The number of hydrazone groups is 1. The molecule has 132 valence electrons. The highest BCUT2D eigenvalue weighted by Crippen LogP contribution is 2.24. The molecular weight excluding hydrogens is 342 g/mol. The van der Waals surface area contributed by atoms with Crippen LogP contribution in [0.1, 0.15) is 5.56 Å². The van der Waals surface area contributed by atoms with Gasteiger partial charge in [-0.2, -0.15) is 0 Å². The number of rotatable bonds is 4. The van der Waals surface area contributed by atoms with Gasteiger partial charge in [0, 0.05) is 34.9 Å². The highest BCUT2D eigenvalue weighted by atomic mass is 16.6. The first-order valence-corrected chi connectivity index (χ1v) is 8.41. The third kappa shape index (κ3) is 3.57. The van der Waals surface area contributed by atoms with Crippen LogP contribution in [0.4, 0.5) is 17.1 Å².